The molecule has 2 aromatic carbocycles. The second kappa shape index (κ2) is 5.61. The third kappa shape index (κ3) is 2.72. The van der Waals surface area contributed by atoms with E-state index in [1.807, 2.05) is 6.07 Å². The number of nitrogens with one attached hydrogen (secondary N) is 1. The van der Waals surface area contributed by atoms with Gasteiger partial charge in [0.1, 0.15) is 0 Å². The van der Waals surface area contributed by atoms with Crippen molar-refractivity contribution >= 4 is 16.7 Å². The fourth-order valence-corrected chi connectivity index (χ4v) is 5.16. The number of hydrogen-bond acceptors (Lipinski definition) is 1. The highest BCUT2D eigenvalue weighted by atomic mass is 16.1. The summed E-state index contributed by atoms with van der Waals surface area (Å²) in [5, 5.41) is 5.78. The minimum Gasteiger partial charge on any atom is -0.349 e. The van der Waals surface area contributed by atoms with Crippen LogP contribution < -0.4 is 5.32 Å². The zero-order valence-corrected chi connectivity index (χ0v) is 15.0. The monoisotopic (exact) mass is 321 g/mol. The zero-order valence-electron chi connectivity index (χ0n) is 15.0. The van der Waals surface area contributed by atoms with Gasteiger partial charge >= 0.3 is 0 Å². The zero-order chi connectivity index (χ0) is 16.9. The summed E-state index contributed by atoms with van der Waals surface area (Å²) >= 11 is 0. The predicted octanol–water partition coefficient (Wildman–Crippen LogP) is 4.88. The largest absolute Gasteiger partial charge is 0.349 e. The fraction of sp³-hybridized carbons (Fsp3) is 0.500. The van der Waals surface area contributed by atoms with Gasteiger partial charge in [-0.05, 0) is 71.4 Å². The van der Waals surface area contributed by atoms with Gasteiger partial charge in [-0.2, -0.15) is 0 Å². The Kier molecular flexibility index (Phi) is 3.67. The van der Waals surface area contributed by atoms with Gasteiger partial charge in [-0.3, -0.25) is 4.79 Å². The first-order valence-electron chi connectivity index (χ1n) is 9.27. The predicted molar refractivity (Wildman–Crippen MR) is 99.4 cm³/mol. The molecule has 2 heteroatoms. The number of carbonyl (C=O) groups excluding carboxylic acids is 1. The first-order chi connectivity index (χ1) is 11.4. The smallest absolute Gasteiger partial charge is 0.252 e. The van der Waals surface area contributed by atoms with Crippen molar-refractivity contribution in [2.45, 2.75) is 58.9 Å². The molecule has 4 rings (SSSR count). The summed E-state index contributed by atoms with van der Waals surface area (Å²) in [4.78, 5) is 13.0. The molecule has 0 spiro atoms. The molecule has 2 nitrogen and oxygen atoms in total. The van der Waals surface area contributed by atoms with Gasteiger partial charge in [-0.15, -0.1) is 0 Å². The van der Waals surface area contributed by atoms with E-state index >= 15 is 0 Å². The second-order valence-corrected chi connectivity index (χ2v) is 8.70. The highest BCUT2D eigenvalue weighted by Crippen LogP contribution is 2.39. The van der Waals surface area contributed by atoms with Crippen LogP contribution in [0.1, 0.15) is 61.5 Å². The van der Waals surface area contributed by atoms with Crippen LogP contribution in [0.5, 0.6) is 0 Å². The van der Waals surface area contributed by atoms with Crippen LogP contribution in [-0.4, -0.2) is 11.9 Å². The van der Waals surface area contributed by atoms with Gasteiger partial charge < -0.3 is 5.32 Å². The summed E-state index contributed by atoms with van der Waals surface area (Å²) in [6, 6.07) is 10.9. The molecule has 0 saturated heterocycles. The summed E-state index contributed by atoms with van der Waals surface area (Å²) < 4.78 is 0. The molecule has 0 heterocycles. The molecule has 0 aromatic heterocycles. The highest BCUT2D eigenvalue weighted by Gasteiger charge is 2.33. The Morgan fingerprint density at radius 2 is 1.83 bits per heavy atom. The molecule has 126 valence electrons. The minimum absolute atomic E-state index is 0.0977. The van der Waals surface area contributed by atoms with Crippen molar-refractivity contribution < 1.29 is 4.79 Å². The van der Waals surface area contributed by atoms with Gasteiger partial charge in [0.05, 0.1) is 0 Å². The van der Waals surface area contributed by atoms with Crippen molar-refractivity contribution in [2.75, 3.05) is 0 Å². The molecule has 0 aliphatic heterocycles. The topological polar surface area (TPSA) is 29.1 Å². The maximum absolute atomic E-state index is 13.0. The molecule has 0 radical (unpaired) electrons. The van der Waals surface area contributed by atoms with Crippen LogP contribution in [0.3, 0.4) is 0 Å². The Bertz CT molecular complexity index is 795. The average Bonchev–Trinajstić information content (AvgIpc) is 2.91. The van der Waals surface area contributed by atoms with Gasteiger partial charge in [0.25, 0.3) is 5.91 Å². The van der Waals surface area contributed by atoms with Crippen LogP contribution >= 0.6 is 0 Å². The van der Waals surface area contributed by atoms with Crippen LogP contribution in [0.15, 0.2) is 30.3 Å². The van der Waals surface area contributed by atoms with Crippen LogP contribution in [-0.2, 0) is 12.8 Å². The molecule has 1 fully saturated rings. The molecular formula is C22H27NO. The van der Waals surface area contributed by atoms with E-state index < -0.39 is 0 Å². The van der Waals surface area contributed by atoms with Crippen molar-refractivity contribution in [3.8, 4) is 0 Å². The third-order valence-electron chi connectivity index (χ3n) is 5.84. The molecular weight excluding hydrogens is 294 g/mol. The van der Waals surface area contributed by atoms with Crippen LogP contribution in [0.2, 0.25) is 0 Å². The van der Waals surface area contributed by atoms with E-state index in [4.69, 9.17) is 0 Å². The number of carbonyl (C=O) groups is 1. The van der Waals surface area contributed by atoms with Gasteiger partial charge in [-0.25, -0.2) is 0 Å². The SMILES string of the molecule is CC1CC(NC(=O)c2ccc3c4c(cccc24)CC3)CC(C)(C)C1. The summed E-state index contributed by atoms with van der Waals surface area (Å²) in [5.74, 6) is 0.771. The summed E-state index contributed by atoms with van der Waals surface area (Å²) in [6.45, 7) is 6.95. The highest BCUT2D eigenvalue weighted by molar-refractivity contribution is 6.09. The Morgan fingerprint density at radius 3 is 2.58 bits per heavy atom. The van der Waals surface area contributed by atoms with Gasteiger partial charge in [0, 0.05) is 11.6 Å². The second-order valence-electron chi connectivity index (χ2n) is 8.70. The first-order valence-corrected chi connectivity index (χ1v) is 9.27. The first kappa shape index (κ1) is 15.7. The van der Waals surface area contributed by atoms with E-state index in [1.165, 1.54) is 22.9 Å². The van der Waals surface area contributed by atoms with E-state index in [2.05, 4.69) is 50.4 Å². The lowest BCUT2D eigenvalue weighted by atomic mass is 9.70. The average molecular weight is 321 g/mol. The molecule has 1 saturated carbocycles. The molecule has 1 amide bonds. The number of rotatable bonds is 2. The molecule has 2 aliphatic carbocycles. The molecule has 24 heavy (non-hydrogen) atoms. The molecule has 2 aliphatic rings. The van der Waals surface area contributed by atoms with Crippen molar-refractivity contribution in [3.05, 3.63) is 47.0 Å². The van der Waals surface area contributed by atoms with E-state index in [0.717, 1.165) is 36.6 Å². The Labute approximate surface area is 144 Å². The molecule has 0 bridgehead atoms. The van der Waals surface area contributed by atoms with E-state index in [0.29, 0.717) is 17.4 Å². The summed E-state index contributed by atoms with van der Waals surface area (Å²) in [5.41, 5.74) is 3.94. The summed E-state index contributed by atoms with van der Waals surface area (Å²) in [7, 11) is 0. The molecule has 2 atom stereocenters. The van der Waals surface area contributed by atoms with Crippen molar-refractivity contribution in [1.29, 1.82) is 0 Å². The van der Waals surface area contributed by atoms with Gasteiger partial charge in [-0.1, -0.05) is 45.0 Å². The number of aryl methyl sites for hydroxylation is 2. The van der Waals surface area contributed by atoms with E-state index in [1.54, 1.807) is 0 Å². The Balaban J connectivity index is 1.63. The lowest BCUT2D eigenvalue weighted by Crippen LogP contribution is -2.43. The molecule has 2 unspecified atom stereocenters. The maximum atomic E-state index is 13.0. The summed E-state index contributed by atoms with van der Waals surface area (Å²) in [6.07, 6.45) is 5.62. The quantitative estimate of drug-likeness (QED) is 0.839. The molecule has 1 N–H and O–H groups in total. The van der Waals surface area contributed by atoms with Crippen LogP contribution in [0.25, 0.3) is 10.8 Å². The third-order valence-corrected chi connectivity index (χ3v) is 5.84. The minimum atomic E-state index is 0.0977. The van der Waals surface area contributed by atoms with E-state index in [9.17, 15) is 4.79 Å². The van der Waals surface area contributed by atoms with Crippen LogP contribution in [0.4, 0.5) is 0 Å². The normalized spacial score (nSPS) is 25.0. The van der Waals surface area contributed by atoms with Crippen LogP contribution in [0, 0.1) is 11.3 Å². The van der Waals surface area contributed by atoms with Crippen molar-refractivity contribution in [1.82, 2.24) is 5.32 Å². The lowest BCUT2D eigenvalue weighted by molar-refractivity contribution is 0.0876. The fourth-order valence-electron chi connectivity index (χ4n) is 5.16. The number of hydrogen-bond donors (Lipinski definition) is 1. The van der Waals surface area contributed by atoms with Crippen molar-refractivity contribution in [3.63, 3.8) is 0 Å². The Morgan fingerprint density at radius 1 is 1.08 bits per heavy atom. The van der Waals surface area contributed by atoms with E-state index in [-0.39, 0.29) is 5.91 Å². The van der Waals surface area contributed by atoms with Crippen molar-refractivity contribution in [2.24, 2.45) is 11.3 Å². The standard InChI is InChI=1S/C22H27NO/c1-14-11-17(13-22(2,3)12-14)23-21(24)19-10-9-16-8-7-15-5-4-6-18(19)20(15)16/h4-6,9-10,14,17H,7-8,11-13H2,1-3H3,(H,23,24). The maximum Gasteiger partial charge on any atom is 0.252 e. The number of benzene rings is 2. The Hall–Kier alpha value is -1.83. The molecule has 2 aromatic rings. The lowest BCUT2D eigenvalue weighted by Gasteiger charge is -2.39. The van der Waals surface area contributed by atoms with Gasteiger partial charge in [0.15, 0.2) is 0 Å². The number of amides is 1. The van der Waals surface area contributed by atoms with Gasteiger partial charge in [0.2, 0.25) is 0 Å².